The highest BCUT2D eigenvalue weighted by molar-refractivity contribution is 7.89. The molecule has 96 valence electrons. The van der Waals surface area contributed by atoms with Gasteiger partial charge in [0.05, 0.1) is 11.0 Å². The Labute approximate surface area is 99.4 Å². The van der Waals surface area contributed by atoms with Crippen LogP contribution in [0, 0.1) is 0 Å². The summed E-state index contributed by atoms with van der Waals surface area (Å²) in [5.74, 6) is 0. The average Bonchev–Trinajstić information content (AvgIpc) is 2.27. The molecule has 1 aromatic rings. The first-order valence-electron chi connectivity index (χ1n) is 4.96. The van der Waals surface area contributed by atoms with Crippen molar-refractivity contribution in [2.45, 2.75) is 23.5 Å². The van der Waals surface area contributed by atoms with Gasteiger partial charge in [0.1, 0.15) is 6.10 Å². The predicted molar refractivity (Wildman–Crippen MR) is 60.5 cm³/mol. The third-order valence-corrected chi connectivity index (χ3v) is 3.32. The summed E-state index contributed by atoms with van der Waals surface area (Å²) in [5.41, 5.74) is 0.0240. The van der Waals surface area contributed by atoms with E-state index in [1.165, 1.54) is 24.3 Å². The van der Waals surface area contributed by atoms with Crippen LogP contribution in [0.15, 0.2) is 29.2 Å². The number of sulfonamides is 1. The second-order valence-corrected chi connectivity index (χ2v) is 5.14. The van der Waals surface area contributed by atoms with E-state index in [0.717, 1.165) is 0 Å². The zero-order valence-electron chi connectivity index (χ0n) is 9.02. The Morgan fingerprint density at radius 3 is 2.35 bits per heavy atom. The fraction of sp³-hybridized carbons (Fsp3) is 0.400. The number of primary sulfonamides is 1. The highest BCUT2D eigenvalue weighted by Crippen LogP contribution is 2.25. The van der Waals surface area contributed by atoms with Gasteiger partial charge in [-0.3, -0.25) is 0 Å². The average molecular weight is 261 g/mol. The molecule has 0 bridgehead atoms. The van der Waals surface area contributed by atoms with Gasteiger partial charge >= 0.3 is 0 Å². The van der Waals surface area contributed by atoms with Crippen LogP contribution in [0.4, 0.5) is 0 Å². The summed E-state index contributed by atoms with van der Waals surface area (Å²) in [4.78, 5) is -0.232. The van der Waals surface area contributed by atoms with Crippen LogP contribution >= 0.6 is 0 Å². The molecule has 0 amide bonds. The lowest BCUT2D eigenvalue weighted by molar-refractivity contribution is 0.00275. The van der Waals surface area contributed by atoms with Crippen molar-refractivity contribution < 1.29 is 23.7 Å². The number of aliphatic hydroxyl groups excluding tert-OH is 3. The van der Waals surface area contributed by atoms with Crippen molar-refractivity contribution in [3.63, 3.8) is 0 Å². The standard InChI is InChI=1S/C10H15NO5S/c11-17(15,16)9-4-2-1-3-7(9)10(14)8(13)5-6-12/h1-4,8,10,12-14H,5-6H2,(H2,11,15,16). The maximum Gasteiger partial charge on any atom is 0.238 e. The molecule has 17 heavy (non-hydrogen) atoms. The van der Waals surface area contributed by atoms with Gasteiger partial charge in [-0.2, -0.15) is 0 Å². The van der Waals surface area contributed by atoms with Gasteiger partial charge in [-0.25, -0.2) is 13.6 Å². The van der Waals surface area contributed by atoms with E-state index in [2.05, 4.69) is 0 Å². The second kappa shape index (κ2) is 5.56. The molecule has 0 saturated carbocycles. The van der Waals surface area contributed by atoms with E-state index in [4.69, 9.17) is 10.2 Å². The lowest BCUT2D eigenvalue weighted by Gasteiger charge is -2.19. The lowest BCUT2D eigenvalue weighted by atomic mass is 10.0. The molecular weight excluding hydrogens is 246 g/mol. The summed E-state index contributed by atoms with van der Waals surface area (Å²) in [6.45, 7) is -0.310. The Hall–Kier alpha value is -0.990. The van der Waals surface area contributed by atoms with E-state index < -0.39 is 22.2 Å². The predicted octanol–water partition coefficient (Wildman–Crippen LogP) is -0.889. The number of nitrogens with two attached hydrogens (primary N) is 1. The molecule has 2 unspecified atom stereocenters. The van der Waals surface area contributed by atoms with Gasteiger partial charge in [0.15, 0.2) is 0 Å². The highest BCUT2D eigenvalue weighted by Gasteiger charge is 2.24. The number of aliphatic hydroxyl groups is 3. The molecule has 0 spiro atoms. The third kappa shape index (κ3) is 3.48. The van der Waals surface area contributed by atoms with E-state index in [1.54, 1.807) is 0 Å². The smallest absolute Gasteiger partial charge is 0.238 e. The van der Waals surface area contributed by atoms with Crippen LogP contribution in [0.3, 0.4) is 0 Å². The molecule has 0 radical (unpaired) electrons. The molecule has 0 aliphatic rings. The molecule has 1 rings (SSSR count). The van der Waals surface area contributed by atoms with E-state index >= 15 is 0 Å². The maximum atomic E-state index is 11.3. The molecule has 1 aromatic carbocycles. The number of hydrogen-bond acceptors (Lipinski definition) is 5. The van der Waals surface area contributed by atoms with Crippen LogP contribution < -0.4 is 5.14 Å². The first kappa shape index (κ1) is 14.1. The van der Waals surface area contributed by atoms with Crippen molar-refractivity contribution >= 4 is 10.0 Å². The number of benzene rings is 1. The first-order chi connectivity index (χ1) is 7.88. The van der Waals surface area contributed by atoms with Crippen molar-refractivity contribution in [2.75, 3.05) is 6.61 Å². The van der Waals surface area contributed by atoms with E-state index in [-0.39, 0.29) is 23.5 Å². The lowest BCUT2D eigenvalue weighted by Crippen LogP contribution is -2.23. The van der Waals surface area contributed by atoms with Gasteiger partial charge < -0.3 is 15.3 Å². The first-order valence-corrected chi connectivity index (χ1v) is 6.51. The summed E-state index contributed by atoms with van der Waals surface area (Å²) in [5, 5.41) is 32.9. The molecule has 5 N–H and O–H groups in total. The van der Waals surface area contributed by atoms with Crippen molar-refractivity contribution in [3.05, 3.63) is 29.8 Å². The van der Waals surface area contributed by atoms with Crippen LogP contribution in [0.2, 0.25) is 0 Å². The zero-order chi connectivity index (χ0) is 13.1. The molecule has 0 heterocycles. The quantitative estimate of drug-likeness (QED) is 0.548. The minimum absolute atomic E-state index is 0.0240. The largest absolute Gasteiger partial charge is 0.396 e. The third-order valence-electron chi connectivity index (χ3n) is 2.33. The molecule has 0 aliphatic heterocycles. The molecular formula is C10H15NO5S. The van der Waals surface area contributed by atoms with Crippen LogP contribution in [0.5, 0.6) is 0 Å². The van der Waals surface area contributed by atoms with Crippen molar-refractivity contribution in [3.8, 4) is 0 Å². The van der Waals surface area contributed by atoms with Crippen LogP contribution in [0.1, 0.15) is 18.1 Å². The molecule has 0 saturated heterocycles. The van der Waals surface area contributed by atoms with E-state index in [9.17, 15) is 18.6 Å². The minimum atomic E-state index is -3.96. The molecule has 2 atom stereocenters. The van der Waals surface area contributed by atoms with Crippen LogP contribution in [-0.4, -0.2) is 36.4 Å². The fourth-order valence-corrected chi connectivity index (χ4v) is 2.27. The van der Waals surface area contributed by atoms with Crippen LogP contribution in [0.25, 0.3) is 0 Å². The van der Waals surface area contributed by atoms with Crippen molar-refractivity contribution in [1.29, 1.82) is 0 Å². The minimum Gasteiger partial charge on any atom is -0.396 e. The second-order valence-electron chi connectivity index (χ2n) is 3.61. The molecule has 0 aliphatic carbocycles. The maximum absolute atomic E-state index is 11.3. The highest BCUT2D eigenvalue weighted by atomic mass is 32.2. The molecule has 0 aromatic heterocycles. The number of rotatable bonds is 5. The Balaban J connectivity index is 3.14. The van der Waals surface area contributed by atoms with E-state index in [1.807, 2.05) is 0 Å². The van der Waals surface area contributed by atoms with Gasteiger partial charge in [-0.1, -0.05) is 18.2 Å². The Morgan fingerprint density at radius 1 is 1.24 bits per heavy atom. The Morgan fingerprint density at radius 2 is 1.82 bits per heavy atom. The van der Waals surface area contributed by atoms with Crippen molar-refractivity contribution in [1.82, 2.24) is 0 Å². The van der Waals surface area contributed by atoms with E-state index in [0.29, 0.717) is 0 Å². The number of hydrogen-bond donors (Lipinski definition) is 4. The summed E-state index contributed by atoms with van der Waals surface area (Å²) in [6, 6.07) is 5.61. The van der Waals surface area contributed by atoms with Gasteiger partial charge in [0.2, 0.25) is 10.0 Å². The topological polar surface area (TPSA) is 121 Å². The summed E-state index contributed by atoms with van der Waals surface area (Å²) >= 11 is 0. The molecule has 6 nitrogen and oxygen atoms in total. The summed E-state index contributed by atoms with van der Waals surface area (Å²) in [7, 11) is -3.96. The van der Waals surface area contributed by atoms with Crippen molar-refractivity contribution in [2.24, 2.45) is 5.14 Å². The SMILES string of the molecule is NS(=O)(=O)c1ccccc1C(O)C(O)CCO. The van der Waals surface area contributed by atoms with Gasteiger partial charge in [-0.05, 0) is 12.5 Å². The van der Waals surface area contributed by atoms with Crippen LogP contribution in [-0.2, 0) is 10.0 Å². The Kier molecular flexibility index (Phi) is 4.61. The Bertz CT molecular complexity index is 473. The summed E-state index contributed by atoms with van der Waals surface area (Å²) in [6.07, 6.45) is -2.71. The van der Waals surface area contributed by atoms with Gasteiger partial charge in [0.25, 0.3) is 0 Å². The summed E-state index contributed by atoms with van der Waals surface area (Å²) < 4.78 is 22.5. The normalized spacial score (nSPS) is 15.5. The fourth-order valence-electron chi connectivity index (χ4n) is 1.48. The molecule has 0 fully saturated rings. The van der Waals surface area contributed by atoms with Gasteiger partial charge in [-0.15, -0.1) is 0 Å². The monoisotopic (exact) mass is 261 g/mol. The zero-order valence-corrected chi connectivity index (χ0v) is 9.84. The molecule has 7 heteroatoms. The van der Waals surface area contributed by atoms with Gasteiger partial charge in [0, 0.05) is 12.2 Å².